The van der Waals surface area contributed by atoms with E-state index >= 15 is 0 Å². The number of fused-ring (bicyclic) bond motifs is 3. The van der Waals surface area contributed by atoms with E-state index in [1.54, 1.807) is 14.2 Å². The second kappa shape index (κ2) is 7.44. The molecule has 1 aliphatic heterocycles. The van der Waals surface area contributed by atoms with Gasteiger partial charge < -0.3 is 24.5 Å². The Morgan fingerprint density at radius 1 is 1.11 bits per heavy atom. The molecular formula is C21H23BrN2O3. The second-order valence-electron chi connectivity index (χ2n) is 6.52. The molecule has 1 aliphatic rings. The molecule has 3 aromatic rings. The first-order valence-electron chi connectivity index (χ1n) is 9.08. The molecule has 6 heteroatoms. The molecule has 5 nitrogen and oxygen atoms in total. The smallest absolute Gasteiger partial charge is 0.136 e. The van der Waals surface area contributed by atoms with Crippen LogP contribution in [0.3, 0.4) is 0 Å². The van der Waals surface area contributed by atoms with Crippen LogP contribution in [-0.2, 0) is 6.42 Å². The molecule has 0 spiro atoms. The van der Waals surface area contributed by atoms with E-state index < -0.39 is 0 Å². The monoisotopic (exact) mass is 430 g/mol. The average molecular weight is 431 g/mol. The Labute approximate surface area is 167 Å². The summed E-state index contributed by atoms with van der Waals surface area (Å²) in [6.45, 7) is 3.57. The number of aromatic amines is 1. The Morgan fingerprint density at radius 3 is 2.67 bits per heavy atom. The van der Waals surface area contributed by atoms with Gasteiger partial charge in [0.2, 0.25) is 0 Å². The van der Waals surface area contributed by atoms with Crippen LogP contribution in [0.15, 0.2) is 34.8 Å². The molecule has 1 atom stereocenters. The summed E-state index contributed by atoms with van der Waals surface area (Å²) in [4.78, 5) is 3.61. The second-order valence-corrected chi connectivity index (χ2v) is 7.38. The number of ether oxygens (including phenoxy) is 3. The molecule has 0 fully saturated rings. The topological polar surface area (TPSA) is 55.5 Å². The van der Waals surface area contributed by atoms with Crippen molar-refractivity contribution in [2.45, 2.75) is 19.4 Å². The third kappa shape index (κ3) is 3.17. The fourth-order valence-corrected chi connectivity index (χ4v) is 4.36. The van der Waals surface area contributed by atoms with E-state index in [9.17, 15) is 0 Å². The fraction of sp³-hybridized carbons (Fsp3) is 0.333. The minimum atomic E-state index is 0.0221. The van der Waals surface area contributed by atoms with Gasteiger partial charge in [-0.25, -0.2) is 0 Å². The summed E-state index contributed by atoms with van der Waals surface area (Å²) >= 11 is 3.60. The van der Waals surface area contributed by atoms with Crippen molar-refractivity contribution in [2.24, 2.45) is 0 Å². The van der Waals surface area contributed by atoms with Gasteiger partial charge >= 0.3 is 0 Å². The Hall–Kier alpha value is -2.18. The summed E-state index contributed by atoms with van der Waals surface area (Å²) in [6.07, 6.45) is 0.973. The average Bonchev–Trinajstić information content (AvgIpc) is 3.06. The van der Waals surface area contributed by atoms with Crippen molar-refractivity contribution in [1.82, 2.24) is 10.3 Å². The summed E-state index contributed by atoms with van der Waals surface area (Å²) in [6, 6.07) is 10.3. The van der Waals surface area contributed by atoms with Crippen LogP contribution in [0.4, 0.5) is 0 Å². The number of benzene rings is 2. The van der Waals surface area contributed by atoms with Crippen molar-refractivity contribution in [3.63, 3.8) is 0 Å². The van der Waals surface area contributed by atoms with Crippen molar-refractivity contribution >= 4 is 26.8 Å². The lowest BCUT2D eigenvalue weighted by Gasteiger charge is -2.26. The molecular weight excluding hydrogens is 408 g/mol. The van der Waals surface area contributed by atoms with Crippen molar-refractivity contribution in [2.75, 3.05) is 27.4 Å². The first-order chi connectivity index (χ1) is 13.2. The number of nitrogens with one attached hydrogen (secondary N) is 2. The van der Waals surface area contributed by atoms with E-state index in [0.717, 1.165) is 45.8 Å². The molecule has 4 rings (SSSR count). The molecule has 0 bridgehead atoms. The number of halogens is 1. The quantitative estimate of drug-likeness (QED) is 0.621. The summed E-state index contributed by atoms with van der Waals surface area (Å²) in [5, 5.41) is 4.86. The Morgan fingerprint density at radius 2 is 1.93 bits per heavy atom. The van der Waals surface area contributed by atoms with Gasteiger partial charge in [-0.1, -0.05) is 0 Å². The lowest BCUT2D eigenvalue weighted by molar-refractivity contribution is 0.340. The van der Waals surface area contributed by atoms with E-state index in [4.69, 9.17) is 14.2 Å². The molecule has 0 radical (unpaired) electrons. The van der Waals surface area contributed by atoms with Gasteiger partial charge in [0.05, 0.1) is 31.3 Å². The molecule has 0 saturated carbocycles. The minimum absolute atomic E-state index is 0.0221. The third-order valence-corrected chi connectivity index (χ3v) is 5.67. The Bertz CT molecular complexity index is 983. The molecule has 0 aliphatic carbocycles. The molecule has 1 unspecified atom stereocenters. The molecule has 2 N–H and O–H groups in total. The summed E-state index contributed by atoms with van der Waals surface area (Å²) in [7, 11) is 3.35. The molecule has 2 heterocycles. The SMILES string of the molecule is CCOc1ccc2[nH]c3c(c2c1)CCNC3c1cc(Br)c(OC)cc1OC. The number of aromatic nitrogens is 1. The van der Waals surface area contributed by atoms with Crippen LogP contribution in [0, 0.1) is 0 Å². The van der Waals surface area contributed by atoms with Gasteiger partial charge in [0.1, 0.15) is 17.2 Å². The van der Waals surface area contributed by atoms with Gasteiger partial charge in [-0.3, -0.25) is 0 Å². The standard InChI is InChI=1S/C21H23BrN2O3/c1-4-27-12-5-6-17-14(9-12)13-7-8-23-20(21(13)24-17)15-10-16(22)19(26-3)11-18(15)25-2/h5-6,9-11,20,23-24H,4,7-8H2,1-3H3. The Kier molecular flexibility index (Phi) is 5.02. The molecule has 142 valence electrons. The van der Waals surface area contributed by atoms with E-state index in [-0.39, 0.29) is 6.04 Å². The highest BCUT2D eigenvalue weighted by molar-refractivity contribution is 9.10. The number of hydrogen-bond donors (Lipinski definition) is 2. The molecule has 2 aromatic carbocycles. The summed E-state index contributed by atoms with van der Waals surface area (Å²) in [5.41, 5.74) is 4.72. The summed E-state index contributed by atoms with van der Waals surface area (Å²) in [5.74, 6) is 2.46. The van der Waals surface area contributed by atoms with Crippen molar-refractivity contribution in [1.29, 1.82) is 0 Å². The molecule has 27 heavy (non-hydrogen) atoms. The van der Waals surface area contributed by atoms with E-state index in [1.165, 1.54) is 16.6 Å². The van der Waals surface area contributed by atoms with Gasteiger partial charge in [-0.2, -0.15) is 0 Å². The van der Waals surface area contributed by atoms with Crippen LogP contribution >= 0.6 is 15.9 Å². The zero-order valence-corrected chi connectivity index (χ0v) is 17.3. The zero-order valence-electron chi connectivity index (χ0n) is 15.7. The number of hydrogen-bond acceptors (Lipinski definition) is 4. The van der Waals surface area contributed by atoms with Crippen LogP contribution in [0.25, 0.3) is 10.9 Å². The van der Waals surface area contributed by atoms with E-state index in [2.05, 4.69) is 44.4 Å². The number of methoxy groups -OCH3 is 2. The highest BCUT2D eigenvalue weighted by Crippen LogP contribution is 2.41. The zero-order chi connectivity index (χ0) is 19.0. The highest BCUT2D eigenvalue weighted by Gasteiger charge is 2.28. The lowest BCUT2D eigenvalue weighted by atomic mass is 9.93. The molecule has 0 amide bonds. The van der Waals surface area contributed by atoms with Gasteiger partial charge in [0.15, 0.2) is 0 Å². The van der Waals surface area contributed by atoms with Crippen molar-refractivity contribution in [3.05, 3.63) is 51.6 Å². The summed E-state index contributed by atoms with van der Waals surface area (Å²) < 4.78 is 17.7. The van der Waals surface area contributed by atoms with Crippen LogP contribution < -0.4 is 19.5 Å². The van der Waals surface area contributed by atoms with Crippen LogP contribution in [0.1, 0.15) is 29.8 Å². The molecule has 0 saturated heterocycles. The van der Waals surface area contributed by atoms with Gasteiger partial charge in [-0.15, -0.1) is 0 Å². The fourth-order valence-electron chi connectivity index (χ4n) is 3.84. The number of rotatable bonds is 5. The maximum Gasteiger partial charge on any atom is 0.136 e. The van der Waals surface area contributed by atoms with Gasteiger partial charge in [0.25, 0.3) is 0 Å². The van der Waals surface area contributed by atoms with Crippen LogP contribution in [0.2, 0.25) is 0 Å². The van der Waals surface area contributed by atoms with Crippen molar-refractivity contribution < 1.29 is 14.2 Å². The first-order valence-corrected chi connectivity index (χ1v) is 9.87. The highest BCUT2D eigenvalue weighted by atomic mass is 79.9. The predicted molar refractivity (Wildman–Crippen MR) is 110 cm³/mol. The third-order valence-electron chi connectivity index (χ3n) is 5.05. The molecule has 1 aromatic heterocycles. The predicted octanol–water partition coefficient (Wildman–Crippen LogP) is 4.58. The largest absolute Gasteiger partial charge is 0.496 e. The Balaban J connectivity index is 1.84. The van der Waals surface area contributed by atoms with Crippen LogP contribution in [-0.4, -0.2) is 32.4 Å². The number of H-pyrrole nitrogens is 1. The van der Waals surface area contributed by atoms with Gasteiger partial charge in [0, 0.05) is 34.8 Å². The van der Waals surface area contributed by atoms with Gasteiger partial charge in [-0.05, 0) is 59.1 Å². The van der Waals surface area contributed by atoms with Crippen LogP contribution in [0.5, 0.6) is 17.2 Å². The first kappa shape index (κ1) is 18.2. The minimum Gasteiger partial charge on any atom is -0.496 e. The maximum absolute atomic E-state index is 5.69. The van der Waals surface area contributed by atoms with E-state index in [0.29, 0.717) is 6.61 Å². The maximum atomic E-state index is 5.69. The lowest BCUT2D eigenvalue weighted by Crippen LogP contribution is -2.30. The van der Waals surface area contributed by atoms with E-state index in [1.807, 2.05) is 19.1 Å². The normalized spacial score (nSPS) is 16.2. The van der Waals surface area contributed by atoms with Crippen molar-refractivity contribution in [3.8, 4) is 17.2 Å².